The Labute approximate surface area is 156 Å². The van der Waals surface area contributed by atoms with Crippen molar-refractivity contribution >= 4 is 17.6 Å². The van der Waals surface area contributed by atoms with Crippen molar-refractivity contribution in [2.24, 2.45) is 5.92 Å². The average Bonchev–Trinajstić information content (AvgIpc) is 2.66. The molecule has 142 valence electrons. The van der Waals surface area contributed by atoms with Crippen LogP contribution in [0.15, 0.2) is 18.2 Å². The number of hydrogen-bond acceptors (Lipinski definition) is 2. The van der Waals surface area contributed by atoms with Gasteiger partial charge in [-0.15, -0.1) is 0 Å². The van der Waals surface area contributed by atoms with Crippen molar-refractivity contribution in [3.63, 3.8) is 0 Å². The maximum Gasteiger partial charge on any atom is 0.321 e. The van der Waals surface area contributed by atoms with Crippen molar-refractivity contribution < 1.29 is 9.59 Å². The SMILES string of the molecule is Cc1ccc(NC(=O)N2CCC(NC(=O)C3CCCCC3)CC2)cc1C. The monoisotopic (exact) mass is 357 g/mol. The fourth-order valence-corrected chi connectivity index (χ4v) is 3.93. The van der Waals surface area contributed by atoms with Crippen LogP contribution in [0.3, 0.4) is 0 Å². The van der Waals surface area contributed by atoms with Gasteiger partial charge in [0.25, 0.3) is 0 Å². The lowest BCUT2D eigenvalue weighted by Crippen LogP contribution is -2.49. The van der Waals surface area contributed by atoms with Gasteiger partial charge in [0, 0.05) is 30.7 Å². The molecular weight excluding hydrogens is 326 g/mol. The molecule has 0 unspecified atom stereocenters. The van der Waals surface area contributed by atoms with Crippen LogP contribution in [0.2, 0.25) is 0 Å². The third kappa shape index (κ3) is 4.77. The number of carbonyl (C=O) groups excluding carboxylic acids is 2. The number of benzene rings is 1. The molecule has 5 nitrogen and oxygen atoms in total. The summed E-state index contributed by atoms with van der Waals surface area (Å²) in [6.07, 6.45) is 7.34. The summed E-state index contributed by atoms with van der Waals surface area (Å²) < 4.78 is 0. The van der Waals surface area contributed by atoms with Crippen LogP contribution in [-0.2, 0) is 4.79 Å². The van der Waals surface area contributed by atoms with Gasteiger partial charge in [-0.05, 0) is 62.8 Å². The van der Waals surface area contributed by atoms with Crippen molar-refractivity contribution in [3.8, 4) is 0 Å². The smallest absolute Gasteiger partial charge is 0.321 e. The Morgan fingerprint density at radius 2 is 1.65 bits per heavy atom. The van der Waals surface area contributed by atoms with Gasteiger partial charge in [0.1, 0.15) is 0 Å². The third-order valence-electron chi connectivity index (χ3n) is 5.86. The Morgan fingerprint density at radius 1 is 0.962 bits per heavy atom. The number of hydrogen-bond donors (Lipinski definition) is 2. The zero-order valence-corrected chi connectivity index (χ0v) is 16.0. The first-order valence-corrected chi connectivity index (χ1v) is 9.96. The number of likely N-dealkylation sites (tertiary alicyclic amines) is 1. The fraction of sp³-hybridized carbons (Fsp3) is 0.619. The Balaban J connectivity index is 1.44. The molecule has 26 heavy (non-hydrogen) atoms. The first-order valence-electron chi connectivity index (χ1n) is 9.96. The van der Waals surface area contributed by atoms with Crippen LogP contribution in [0.25, 0.3) is 0 Å². The second kappa shape index (κ2) is 8.56. The number of carbonyl (C=O) groups is 2. The molecule has 2 N–H and O–H groups in total. The van der Waals surface area contributed by atoms with E-state index in [0.29, 0.717) is 13.1 Å². The Bertz CT molecular complexity index is 645. The van der Waals surface area contributed by atoms with Crippen LogP contribution in [0.4, 0.5) is 10.5 Å². The highest BCUT2D eigenvalue weighted by molar-refractivity contribution is 5.89. The van der Waals surface area contributed by atoms with Gasteiger partial charge >= 0.3 is 6.03 Å². The van der Waals surface area contributed by atoms with Gasteiger partial charge < -0.3 is 15.5 Å². The second-order valence-electron chi connectivity index (χ2n) is 7.83. The van der Waals surface area contributed by atoms with E-state index in [2.05, 4.69) is 17.6 Å². The summed E-state index contributed by atoms with van der Waals surface area (Å²) in [6, 6.07) is 6.13. The minimum atomic E-state index is -0.0506. The number of urea groups is 1. The summed E-state index contributed by atoms with van der Waals surface area (Å²) in [5, 5.41) is 6.20. The van der Waals surface area contributed by atoms with Crippen LogP contribution in [0, 0.1) is 19.8 Å². The van der Waals surface area contributed by atoms with E-state index in [4.69, 9.17) is 0 Å². The lowest BCUT2D eigenvalue weighted by Gasteiger charge is -2.33. The summed E-state index contributed by atoms with van der Waals surface area (Å²) in [6.45, 7) is 5.48. The number of nitrogens with one attached hydrogen (secondary N) is 2. The van der Waals surface area contributed by atoms with Gasteiger partial charge in [0.15, 0.2) is 0 Å². The summed E-state index contributed by atoms with van der Waals surface area (Å²) in [4.78, 5) is 26.7. The van der Waals surface area contributed by atoms with E-state index in [1.54, 1.807) is 0 Å². The molecule has 1 aliphatic carbocycles. The van der Waals surface area contributed by atoms with E-state index in [0.717, 1.165) is 31.4 Å². The Morgan fingerprint density at radius 3 is 2.31 bits per heavy atom. The van der Waals surface area contributed by atoms with Crippen LogP contribution >= 0.6 is 0 Å². The van der Waals surface area contributed by atoms with Crippen LogP contribution in [-0.4, -0.2) is 36.0 Å². The first-order chi connectivity index (χ1) is 12.5. The zero-order chi connectivity index (χ0) is 18.5. The molecule has 1 aliphatic heterocycles. The van der Waals surface area contributed by atoms with Crippen molar-refractivity contribution in [1.82, 2.24) is 10.2 Å². The molecule has 1 heterocycles. The van der Waals surface area contributed by atoms with E-state index in [1.807, 2.05) is 30.0 Å². The molecule has 3 rings (SSSR count). The Kier molecular flexibility index (Phi) is 6.17. The molecule has 2 aliphatic rings. The predicted molar refractivity (Wildman–Crippen MR) is 104 cm³/mol. The maximum atomic E-state index is 12.5. The second-order valence-corrected chi connectivity index (χ2v) is 7.83. The lowest BCUT2D eigenvalue weighted by molar-refractivity contribution is -0.126. The normalized spacial score (nSPS) is 19.2. The third-order valence-corrected chi connectivity index (χ3v) is 5.86. The van der Waals surface area contributed by atoms with Crippen LogP contribution in [0.5, 0.6) is 0 Å². The molecule has 1 aromatic rings. The average molecular weight is 357 g/mol. The van der Waals surface area contributed by atoms with E-state index in [1.165, 1.54) is 30.4 Å². The molecule has 0 atom stereocenters. The summed E-state index contributed by atoms with van der Waals surface area (Å²) in [7, 11) is 0. The van der Waals surface area contributed by atoms with Gasteiger partial charge in [-0.25, -0.2) is 4.79 Å². The minimum absolute atomic E-state index is 0.0506. The number of piperidine rings is 1. The maximum absolute atomic E-state index is 12.5. The molecule has 1 aromatic carbocycles. The van der Waals surface area contributed by atoms with Gasteiger partial charge in [-0.1, -0.05) is 25.3 Å². The predicted octanol–water partition coefficient (Wildman–Crippen LogP) is 4.00. The topological polar surface area (TPSA) is 61.4 Å². The van der Waals surface area contributed by atoms with Crippen molar-refractivity contribution in [3.05, 3.63) is 29.3 Å². The van der Waals surface area contributed by atoms with Gasteiger partial charge in [-0.2, -0.15) is 0 Å². The highest BCUT2D eigenvalue weighted by Crippen LogP contribution is 2.24. The highest BCUT2D eigenvalue weighted by atomic mass is 16.2. The molecule has 0 radical (unpaired) electrons. The van der Waals surface area contributed by atoms with Gasteiger partial charge in [0.05, 0.1) is 0 Å². The van der Waals surface area contributed by atoms with E-state index in [9.17, 15) is 9.59 Å². The molecule has 0 bridgehead atoms. The number of rotatable bonds is 3. The van der Waals surface area contributed by atoms with Crippen molar-refractivity contribution in [1.29, 1.82) is 0 Å². The highest BCUT2D eigenvalue weighted by Gasteiger charge is 2.27. The molecule has 3 amide bonds. The molecule has 1 saturated heterocycles. The van der Waals surface area contributed by atoms with Gasteiger partial charge in [0.2, 0.25) is 5.91 Å². The quantitative estimate of drug-likeness (QED) is 0.859. The van der Waals surface area contributed by atoms with E-state index < -0.39 is 0 Å². The summed E-state index contributed by atoms with van der Waals surface area (Å²) in [5.41, 5.74) is 3.23. The standard InChI is InChI=1S/C21H31N3O2/c1-15-8-9-19(14-16(15)2)23-21(26)24-12-10-18(11-13-24)22-20(25)17-6-4-3-5-7-17/h8-9,14,17-18H,3-7,10-13H2,1-2H3,(H,22,25)(H,23,26). The molecular formula is C21H31N3O2. The minimum Gasteiger partial charge on any atom is -0.353 e. The van der Waals surface area contributed by atoms with Gasteiger partial charge in [-0.3, -0.25) is 4.79 Å². The first kappa shape index (κ1) is 18.7. The molecule has 0 spiro atoms. The molecule has 0 aromatic heterocycles. The Hall–Kier alpha value is -2.04. The molecule has 5 heteroatoms. The van der Waals surface area contributed by atoms with E-state index >= 15 is 0 Å². The van der Waals surface area contributed by atoms with Crippen LogP contribution in [0.1, 0.15) is 56.1 Å². The van der Waals surface area contributed by atoms with Crippen molar-refractivity contribution in [2.75, 3.05) is 18.4 Å². The number of nitrogens with zero attached hydrogens (tertiary/aromatic N) is 1. The summed E-state index contributed by atoms with van der Waals surface area (Å²) in [5.74, 6) is 0.428. The lowest BCUT2D eigenvalue weighted by atomic mass is 9.88. The molecule has 1 saturated carbocycles. The van der Waals surface area contributed by atoms with Crippen LogP contribution < -0.4 is 10.6 Å². The summed E-state index contributed by atoms with van der Waals surface area (Å²) >= 11 is 0. The number of anilines is 1. The number of aryl methyl sites for hydroxylation is 2. The van der Waals surface area contributed by atoms with E-state index in [-0.39, 0.29) is 23.9 Å². The largest absolute Gasteiger partial charge is 0.353 e. The fourth-order valence-electron chi connectivity index (χ4n) is 3.93. The van der Waals surface area contributed by atoms with Crippen molar-refractivity contribution in [2.45, 2.75) is 64.8 Å². The molecule has 2 fully saturated rings. The number of amides is 3. The zero-order valence-electron chi connectivity index (χ0n) is 16.0.